The van der Waals surface area contributed by atoms with Gasteiger partial charge in [0, 0.05) is 28.0 Å². The van der Waals surface area contributed by atoms with Crippen molar-refractivity contribution in [2.24, 2.45) is 0 Å². The van der Waals surface area contributed by atoms with Gasteiger partial charge in [-0.05, 0) is 48.9 Å². The number of halogens is 1. The van der Waals surface area contributed by atoms with Crippen LogP contribution in [0, 0.1) is 0 Å². The molecule has 0 unspecified atom stereocenters. The number of hydrogen-bond acceptors (Lipinski definition) is 3. The molecule has 0 bridgehead atoms. The molecule has 0 aliphatic carbocycles. The highest BCUT2D eigenvalue weighted by Gasteiger charge is 2.04. The van der Waals surface area contributed by atoms with E-state index in [2.05, 4.69) is 31.9 Å². The average molecular weight is 390 g/mol. The van der Waals surface area contributed by atoms with Crippen molar-refractivity contribution < 1.29 is 9.59 Å². The smallest absolute Gasteiger partial charge is 0.243 e. The second-order valence-electron chi connectivity index (χ2n) is 5.29. The van der Waals surface area contributed by atoms with Crippen LogP contribution < -0.4 is 16.0 Å². The third-order valence-corrected chi connectivity index (χ3v) is 3.70. The van der Waals surface area contributed by atoms with E-state index in [4.69, 9.17) is 0 Å². The third kappa shape index (κ3) is 6.04. The Hall–Kier alpha value is -2.34. The maximum atomic E-state index is 11.9. The van der Waals surface area contributed by atoms with E-state index in [1.54, 1.807) is 0 Å². The lowest BCUT2D eigenvalue weighted by Gasteiger charge is -2.09. The number of rotatable bonds is 7. The van der Waals surface area contributed by atoms with Crippen LogP contribution in [0.1, 0.15) is 19.8 Å². The van der Waals surface area contributed by atoms with E-state index in [-0.39, 0.29) is 18.4 Å². The fraction of sp³-hybridized carbons (Fsp3) is 0.222. The van der Waals surface area contributed by atoms with E-state index in [1.165, 1.54) is 0 Å². The Labute approximate surface area is 150 Å². The highest BCUT2D eigenvalue weighted by Crippen LogP contribution is 2.16. The van der Waals surface area contributed by atoms with Crippen molar-refractivity contribution >= 4 is 44.8 Å². The zero-order chi connectivity index (χ0) is 17.4. The Balaban J connectivity index is 1.81. The van der Waals surface area contributed by atoms with Crippen LogP contribution in [0.2, 0.25) is 0 Å². The van der Waals surface area contributed by atoms with Gasteiger partial charge in [-0.15, -0.1) is 0 Å². The molecule has 2 aromatic rings. The molecule has 0 spiro atoms. The van der Waals surface area contributed by atoms with Crippen LogP contribution in [0.25, 0.3) is 0 Å². The van der Waals surface area contributed by atoms with E-state index < -0.39 is 0 Å². The zero-order valence-electron chi connectivity index (χ0n) is 13.4. The molecule has 0 saturated carbocycles. The van der Waals surface area contributed by atoms with E-state index in [1.807, 2.05) is 55.5 Å². The molecule has 24 heavy (non-hydrogen) atoms. The van der Waals surface area contributed by atoms with Crippen LogP contribution in [0.4, 0.5) is 17.1 Å². The van der Waals surface area contributed by atoms with Gasteiger partial charge in [0.05, 0.1) is 6.54 Å². The first-order valence-electron chi connectivity index (χ1n) is 7.76. The molecule has 126 valence electrons. The summed E-state index contributed by atoms with van der Waals surface area (Å²) in [5, 5.41) is 8.69. The van der Waals surface area contributed by atoms with E-state index in [0.717, 1.165) is 28.0 Å². The van der Waals surface area contributed by atoms with Crippen LogP contribution in [-0.4, -0.2) is 18.4 Å². The standard InChI is InChI=1S/C18H20BrN3O2/c1-2-4-17(23)21-15-9-7-14(8-10-15)20-12-18(24)22-16-6-3-5-13(19)11-16/h3,5-11,20H,2,4,12H2,1H3,(H,21,23)(H,22,24). The molecule has 0 radical (unpaired) electrons. The number of nitrogens with one attached hydrogen (secondary N) is 3. The Morgan fingerprint density at radius 2 is 1.58 bits per heavy atom. The number of anilines is 3. The Kier molecular flexibility index (Phi) is 6.81. The number of carbonyl (C=O) groups is 2. The van der Waals surface area contributed by atoms with E-state index in [0.29, 0.717) is 6.42 Å². The van der Waals surface area contributed by atoms with Gasteiger partial charge in [-0.25, -0.2) is 0 Å². The molecule has 2 rings (SSSR count). The fourth-order valence-corrected chi connectivity index (χ4v) is 2.47. The molecule has 2 aromatic carbocycles. The minimum atomic E-state index is -0.131. The predicted molar refractivity (Wildman–Crippen MR) is 101 cm³/mol. The van der Waals surface area contributed by atoms with E-state index in [9.17, 15) is 9.59 Å². The molecular formula is C18H20BrN3O2. The van der Waals surface area contributed by atoms with Crippen LogP contribution in [0.3, 0.4) is 0 Å². The molecule has 6 heteroatoms. The first-order valence-corrected chi connectivity index (χ1v) is 8.55. The normalized spacial score (nSPS) is 10.1. The summed E-state index contributed by atoms with van der Waals surface area (Å²) in [4.78, 5) is 23.5. The van der Waals surface area contributed by atoms with Crippen LogP contribution in [0.15, 0.2) is 53.0 Å². The van der Waals surface area contributed by atoms with Crippen molar-refractivity contribution in [3.05, 3.63) is 53.0 Å². The van der Waals surface area contributed by atoms with Gasteiger partial charge in [0.2, 0.25) is 11.8 Å². The second kappa shape index (κ2) is 9.08. The number of hydrogen-bond donors (Lipinski definition) is 3. The second-order valence-corrected chi connectivity index (χ2v) is 6.20. The Bertz CT molecular complexity index is 702. The molecule has 5 nitrogen and oxygen atoms in total. The molecule has 0 fully saturated rings. The molecule has 2 amide bonds. The molecule has 0 heterocycles. The van der Waals surface area contributed by atoms with Gasteiger partial charge in [-0.3, -0.25) is 9.59 Å². The first-order chi connectivity index (χ1) is 11.6. The fourth-order valence-electron chi connectivity index (χ4n) is 2.08. The van der Waals surface area contributed by atoms with Gasteiger partial charge in [-0.2, -0.15) is 0 Å². The van der Waals surface area contributed by atoms with Crippen molar-refractivity contribution in [1.82, 2.24) is 0 Å². The lowest BCUT2D eigenvalue weighted by molar-refractivity contribution is -0.116. The topological polar surface area (TPSA) is 70.2 Å². The highest BCUT2D eigenvalue weighted by atomic mass is 79.9. The monoisotopic (exact) mass is 389 g/mol. The molecule has 0 aromatic heterocycles. The third-order valence-electron chi connectivity index (χ3n) is 3.21. The zero-order valence-corrected chi connectivity index (χ0v) is 15.0. The minimum Gasteiger partial charge on any atom is -0.376 e. The Morgan fingerprint density at radius 1 is 0.917 bits per heavy atom. The van der Waals surface area contributed by atoms with Gasteiger partial charge in [-0.1, -0.05) is 28.9 Å². The molecular weight excluding hydrogens is 370 g/mol. The first kappa shape index (κ1) is 18.0. The van der Waals surface area contributed by atoms with Crippen LogP contribution in [0.5, 0.6) is 0 Å². The summed E-state index contributed by atoms with van der Waals surface area (Å²) in [7, 11) is 0. The number of carbonyl (C=O) groups excluding carboxylic acids is 2. The van der Waals surface area contributed by atoms with Gasteiger partial charge in [0.25, 0.3) is 0 Å². The van der Waals surface area contributed by atoms with Gasteiger partial charge < -0.3 is 16.0 Å². The molecule has 0 atom stereocenters. The average Bonchev–Trinajstić information content (AvgIpc) is 2.54. The van der Waals surface area contributed by atoms with Crippen molar-refractivity contribution in [3.63, 3.8) is 0 Å². The van der Waals surface area contributed by atoms with Crippen molar-refractivity contribution in [2.75, 3.05) is 22.5 Å². The lowest BCUT2D eigenvalue weighted by Crippen LogP contribution is -2.21. The van der Waals surface area contributed by atoms with Crippen LogP contribution in [-0.2, 0) is 9.59 Å². The summed E-state index contributed by atoms with van der Waals surface area (Å²) in [6.45, 7) is 2.12. The van der Waals surface area contributed by atoms with Gasteiger partial charge >= 0.3 is 0 Å². The largest absolute Gasteiger partial charge is 0.376 e. The molecule has 0 aliphatic rings. The minimum absolute atomic E-state index is 0.00612. The van der Waals surface area contributed by atoms with Crippen molar-refractivity contribution in [2.45, 2.75) is 19.8 Å². The predicted octanol–water partition coefficient (Wildman–Crippen LogP) is 4.24. The molecule has 0 saturated heterocycles. The summed E-state index contributed by atoms with van der Waals surface area (Å²) in [6.07, 6.45) is 1.33. The Morgan fingerprint density at radius 3 is 2.25 bits per heavy atom. The summed E-state index contributed by atoms with van der Waals surface area (Å²) in [5.74, 6) is -0.125. The number of benzene rings is 2. The molecule has 0 aliphatic heterocycles. The van der Waals surface area contributed by atoms with Crippen molar-refractivity contribution in [3.8, 4) is 0 Å². The molecule has 3 N–H and O–H groups in total. The van der Waals surface area contributed by atoms with Crippen LogP contribution >= 0.6 is 15.9 Å². The van der Waals surface area contributed by atoms with E-state index >= 15 is 0 Å². The van der Waals surface area contributed by atoms with Gasteiger partial charge in [0.1, 0.15) is 0 Å². The maximum Gasteiger partial charge on any atom is 0.243 e. The quantitative estimate of drug-likeness (QED) is 0.663. The SMILES string of the molecule is CCCC(=O)Nc1ccc(NCC(=O)Nc2cccc(Br)c2)cc1. The maximum absolute atomic E-state index is 11.9. The van der Waals surface area contributed by atoms with Crippen molar-refractivity contribution in [1.29, 1.82) is 0 Å². The summed E-state index contributed by atoms with van der Waals surface area (Å²) >= 11 is 3.36. The highest BCUT2D eigenvalue weighted by molar-refractivity contribution is 9.10. The summed E-state index contributed by atoms with van der Waals surface area (Å²) in [5.41, 5.74) is 2.30. The lowest BCUT2D eigenvalue weighted by atomic mass is 10.2. The van der Waals surface area contributed by atoms with Gasteiger partial charge in [0.15, 0.2) is 0 Å². The summed E-state index contributed by atoms with van der Waals surface area (Å²) in [6, 6.07) is 14.7. The summed E-state index contributed by atoms with van der Waals surface area (Å²) < 4.78 is 0.911. The number of amides is 2.